The molecule has 1 aliphatic rings. The van der Waals surface area contributed by atoms with Crippen LogP contribution in [0.15, 0.2) is 34.9 Å². The van der Waals surface area contributed by atoms with Gasteiger partial charge in [0.05, 0.1) is 4.88 Å². The van der Waals surface area contributed by atoms with E-state index >= 15 is 0 Å². The normalized spacial score (nSPS) is 14.0. The molecule has 0 aliphatic carbocycles. The Kier molecular flexibility index (Phi) is 5.03. The minimum atomic E-state index is -4.68. The Bertz CT molecular complexity index is 1040. The van der Waals surface area contributed by atoms with Crippen LogP contribution in [0.4, 0.5) is 13.2 Å². The second-order valence-corrected chi connectivity index (χ2v) is 7.74. The molecule has 1 aromatic carbocycles. The van der Waals surface area contributed by atoms with Crippen molar-refractivity contribution in [3.05, 3.63) is 52.2 Å². The molecule has 6 nitrogen and oxygen atoms in total. The average Bonchev–Trinajstić information content (AvgIpc) is 3.33. The number of nitrogens with zero attached hydrogens (tertiary/aromatic N) is 3. The van der Waals surface area contributed by atoms with Crippen molar-refractivity contribution >= 4 is 17.2 Å². The first kappa shape index (κ1) is 19.4. The van der Waals surface area contributed by atoms with Crippen LogP contribution in [0.1, 0.15) is 21.9 Å². The van der Waals surface area contributed by atoms with E-state index in [2.05, 4.69) is 14.7 Å². The number of benzene rings is 1. The predicted octanol–water partition coefficient (Wildman–Crippen LogP) is 4.09. The maximum atomic E-state index is 12.7. The van der Waals surface area contributed by atoms with E-state index in [4.69, 9.17) is 4.74 Å². The Morgan fingerprint density at radius 1 is 1.34 bits per heavy atom. The van der Waals surface area contributed by atoms with Gasteiger partial charge in [0, 0.05) is 18.0 Å². The first-order valence-corrected chi connectivity index (χ1v) is 9.62. The molecule has 2 aromatic heterocycles. The number of amides is 1. The van der Waals surface area contributed by atoms with Gasteiger partial charge in [-0.25, -0.2) is 0 Å². The van der Waals surface area contributed by atoms with Gasteiger partial charge < -0.3 is 14.2 Å². The van der Waals surface area contributed by atoms with E-state index in [1.807, 2.05) is 31.2 Å². The summed E-state index contributed by atoms with van der Waals surface area (Å²) in [7, 11) is 0. The van der Waals surface area contributed by atoms with E-state index in [0.717, 1.165) is 16.0 Å². The molecule has 0 bridgehead atoms. The number of ether oxygens (including phenoxy) is 1. The van der Waals surface area contributed by atoms with Crippen molar-refractivity contribution in [2.45, 2.75) is 26.1 Å². The first-order valence-electron chi connectivity index (χ1n) is 8.80. The summed E-state index contributed by atoms with van der Waals surface area (Å²) >= 11 is 1.32. The highest BCUT2D eigenvalue weighted by atomic mass is 32.1. The Morgan fingerprint density at radius 2 is 2.14 bits per heavy atom. The molecule has 0 atom stereocenters. The van der Waals surface area contributed by atoms with Crippen LogP contribution >= 0.6 is 11.3 Å². The standard InChI is InChI=1S/C19H16F3N3O3S/c1-11-4-2-3-5-13(11)27-10-16(26)25-7-6-14-12(9-25)8-15(29-14)17-23-18(28-24-17)19(20,21)22/h2-5,8H,6-7,9-10H2,1H3. The lowest BCUT2D eigenvalue weighted by Gasteiger charge is -2.27. The van der Waals surface area contributed by atoms with Gasteiger partial charge >= 0.3 is 12.1 Å². The molecule has 0 radical (unpaired) electrons. The zero-order chi connectivity index (χ0) is 20.6. The number of carbonyl (C=O) groups excluding carboxylic acids is 1. The zero-order valence-electron chi connectivity index (χ0n) is 15.3. The largest absolute Gasteiger partial charge is 0.484 e. The highest BCUT2D eigenvalue weighted by Crippen LogP contribution is 2.35. The third-order valence-electron chi connectivity index (χ3n) is 4.55. The summed E-state index contributed by atoms with van der Waals surface area (Å²) < 4.78 is 47.9. The van der Waals surface area contributed by atoms with Crippen molar-refractivity contribution in [3.63, 3.8) is 0 Å². The number of aryl methyl sites for hydroxylation is 1. The molecule has 4 rings (SSSR count). The van der Waals surface area contributed by atoms with Crippen LogP contribution < -0.4 is 4.74 Å². The SMILES string of the molecule is Cc1ccccc1OCC(=O)N1CCc2sc(-c3noc(C(F)(F)F)n3)cc2C1. The summed E-state index contributed by atoms with van der Waals surface area (Å²) in [6, 6.07) is 9.16. The fourth-order valence-corrected chi connectivity index (χ4v) is 4.13. The van der Waals surface area contributed by atoms with Crippen LogP contribution in [0.3, 0.4) is 0 Å². The topological polar surface area (TPSA) is 68.5 Å². The van der Waals surface area contributed by atoms with Crippen molar-refractivity contribution in [1.82, 2.24) is 15.0 Å². The molecule has 3 aromatic rings. The van der Waals surface area contributed by atoms with Gasteiger partial charge in [-0.15, -0.1) is 11.3 Å². The summed E-state index contributed by atoms with van der Waals surface area (Å²) in [5.74, 6) is -0.957. The van der Waals surface area contributed by atoms with Gasteiger partial charge in [-0.05, 0) is 36.6 Å². The highest BCUT2D eigenvalue weighted by Gasteiger charge is 2.38. The van der Waals surface area contributed by atoms with Crippen molar-refractivity contribution in [1.29, 1.82) is 0 Å². The number of carbonyl (C=O) groups is 1. The first-order chi connectivity index (χ1) is 13.8. The van der Waals surface area contributed by atoms with Crippen molar-refractivity contribution in [2.75, 3.05) is 13.2 Å². The van der Waals surface area contributed by atoms with Gasteiger partial charge in [0.1, 0.15) is 5.75 Å². The molecule has 0 fully saturated rings. The Balaban J connectivity index is 1.43. The molecule has 152 valence electrons. The summed E-state index contributed by atoms with van der Waals surface area (Å²) in [5.41, 5.74) is 1.82. The van der Waals surface area contributed by atoms with E-state index in [1.165, 1.54) is 11.3 Å². The second-order valence-electron chi connectivity index (χ2n) is 6.60. The number of para-hydroxylation sites is 1. The van der Waals surface area contributed by atoms with E-state index in [1.54, 1.807) is 11.0 Å². The third-order valence-corrected chi connectivity index (χ3v) is 5.79. The van der Waals surface area contributed by atoms with E-state index in [0.29, 0.717) is 30.1 Å². The molecule has 0 saturated carbocycles. The predicted molar refractivity (Wildman–Crippen MR) is 98.4 cm³/mol. The zero-order valence-corrected chi connectivity index (χ0v) is 16.1. The molecule has 1 amide bonds. The molecule has 0 saturated heterocycles. The van der Waals surface area contributed by atoms with Crippen molar-refractivity contribution in [3.8, 4) is 16.5 Å². The number of alkyl halides is 3. The Morgan fingerprint density at radius 3 is 2.86 bits per heavy atom. The van der Waals surface area contributed by atoms with Gasteiger partial charge in [0.15, 0.2) is 6.61 Å². The molecule has 0 spiro atoms. The lowest BCUT2D eigenvalue weighted by molar-refractivity contribution is -0.159. The Hall–Kier alpha value is -2.88. The van der Waals surface area contributed by atoms with Crippen molar-refractivity contribution in [2.24, 2.45) is 0 Å². The summed E-state index contributed by atoms with van der Waals surface area (Å²) in [6.45, 7) is 2.72. The molecule has 0 unspecified atom stereocenters. The highest BCUT2D eigenvalue weighted by molar-refractivity contribution is 7.15. The van der Waals surface area contributed by atoms with Crippen LogP contribution in [0.2, 0.25) is 0 Å². The van der Waals surface area contributed by atoms with Crippen LogP contribution in [-0.4, -0.2) is 34.1 Å². The number of aromatic nitrogens is 2. The fraction of sp³-hybridized carbons (Fsp3) is 0.316. The minimum absolute atomic E-state index is 0.0725. The second kappa shape index (κ2) is 7.51. The molecular formula is C19H16F3N3O3S. The quantitative estimate of drug-likeness (QED) is 0.632. The van der Waals surface area contributed by atoms with Gasteiger partial charge in [-0.3, -0.25) is 4.79 Å². The number of hydrogen-bond donors (Lipinski definition) is 0. The molecule has 1 aliphatic heterocycles. The monoisotopic (exact) mass is 423 g/mol. The third kappa shape index (κ3) is 4.12. The molecule has 29 heavy (non-hydrogen) atoms. The maximum Gasteiger partial charge on any atom is 0.471 e. The molecule has 0 N–H and O–H groups in total. The van der Waals surface area contributed by atoms with Crippen LogP contribution in [0.25, 0.3) is 10.7 Å². The van der Waals surface area contributed by atoms with Gasteiger partial charge in [-0.2, -0.15) is 18.2 Å². The van der Waals surface area contributed by atoms with Crippen LogP contribution in [-0.2, 0) is 23.9 Å². The summed E-state index contributed by atoms with van der Waals surface area (Å²) in [5, 5.41) is 3.43. The number of halogens is 3. The van der Waals surface area contributed by atoms with E-state index < -0.39 is 12.1 Å². The van der Waals surface area contributed by atoms with Gasteiger partial charge in [0.2, 0.25) is 5.82 Å². The van der Waals surface area contributed by atoms with Crippen molar-refractivity contribution < 1.29 is 27.2 Å². The van der Waals surface area contributed by atoms with E-state index in [9.17, 15) is 18.0 Å². The van der Waals surface area contributed by atoms with Gasteiger partial charge in [0.25, 0.3) is 5.91 Å². The molecular weight excluding hydrogens is 407 g/mol. The van der Waals surface area contributed by atoms with Crippen LogP contribution in [0.5, 0.6) is 5.75 Å². The van der Waals surface area contributed by atoms with Crippen LogP contribution in [0, 0.1) is 6.92 Å². The number of thiophene rings is 1. The summed E-state index contributed by atoms with van der Waals surface area (Å²) in [6.07, 6.45) is -4.07. The lowest BCUT2D eigenvalue weighted by Crippen LogP contribution is -2.38. The molecule has 10 heteroatoms. The smallest absolute Gasteiger partial charge is 0.471 e. The van der Waals surface area contributed by atoms with Gasteiger partial charge in [-0.1, -0.05) is 23.4 Å². The number of hydrogen-bond acceptors (Lipinski definition) is 6. The number of rotatable bonds is 4. The lowest BCUT2D eigenvalue weighted by atomic mass is 10.1. The summed E-state index contributed by atoms with van der Waals surface area (Å²) in [4.78, 5) is 19.1. The van der Waals surface area contributed by atoms with E-state index in [-0.39, 0.29) is 18.3 Å². The number of fused-ring (bicyclic) bond motifs is 1. The maximum absolute atomic E-state index is 12.7. The Labute approximate surface area is 167 Å². The fourth-order valence-electron chi connectivity index (χ4n) is 3.04. The average molecular weight is 423 g/mol. The molecule has 3 heterocycles. The minimum Gasteiger partial charge on any atom is -0.484 e.